The van der Waals surface area contributed by atoms with Crippen LogP contribution in [0.25, 0.3) is 0 Å². The predicted octanol–water partition coefficient (Wildman–Crippen LogP) is 4.42. The molecule has 0 bridgehead atoms. The molecule has 0 saturated heterocycles. The molecule has 0 radical (unpaired) electrons. The number of ketones is 1. The van der Waals surface area contributed by atoms with Gasteiger partial charge >= 0.3 is 12.5 Å². The van der Waals surface area contributed by atoms with E-state index in [9.17, 15) is 30.8 Å². The van der Waals surface area contributed by atoms with Crippen LogP contribution in [0.15, 0.2) is 24.3 Å². The number of carbonyl (C=O) groups is 1. The second-order valence-corrected chi connectivity index (χ2v) is 9.23. The minimum absolute atomic E-state index is 0.0399. The van der Waals surface area contributed by atoms with Crippen LogP contribution >= 0.6 is 0 Å². The first-order valence-electron chi connectivity index (χ1n) is 8.61. The minimum atomic E-state index is -4.60. The fourth-order valence-electron chi connectivity index (χ4n) is 2.27. The molecule has 4 nitrogen and oxygen atoms in total. The number of alkyl halides is 4. The summed E-state index contributed by atoms with van der Waals surface area (Å²) in [6.45, 7) is 3.24. The van der Waals surface area contributed by atoms with Gasteiger partial charge in [-0.25, -0.2) is 8.42 Å². The fraction of sp³-hybridized carbons (Fsp3) is 0.611. The van der Waals surface area contributed by atoms with Crippen molar-refractivity contribution in [1.82, 2.24) is 0 Å². The zero-order chi connectivity index (χ0) is 20.7. The van der Waals surface area contributed by atoms with E-state index in [1.165, 1.54) is 12.1 Å². The summed E-state index contributed by atoms with van der Waals surface area (Å²) in [6.07, 6.45) is -6.80. The van der Waals surface area contributed by atoms with E-state index in [0.717, 1.165) is 12.1 Å². The van der Waals surface area contributed by atoms with E-state index in [1.54, 1.807) is 13.8 Å². The number of rotatable bonds is 12. The second kappa shape index (κ2) is 10.1. The van der Waals surface area contributed by atoms with Gasteiger partial charge in [-0.05, 0) is 44.4 Å². The molecule has 0 atom stereocenters. The maximum atomic E-state index is 12.9. The van der Waals surface area contributed by atoms with Crippen molar-refractivity contribution in [3.05, 3.63) is 29.8 Å². The quantitative estimate of drug-likeness (QED) is 0.377. The highest BCUT2D eigenvalue weighted by atomic mass is 32.2. The van der Waals surface area contributed by atoms with Gasteiger partial charge in [-0.2, -0.15) is 17.6 Å². The van der Waals surface area contributed by atoms with Gasteiger partial charge in [0.15, 0.2) is 9.84 Å². The van der Waals surface area contributed by atoms with Gasteiger partial charge in [-0.1, -0.05) is 18.6 Å². The van der Waals surface area contributed by atoms with Gasteiger partial charge in [0.2, 0.25) is 0 Å². The third-order valence-electron chi connectivity index (χ3n) is 3.91. The summed E-state index contributed by atoms with van der Waals surface area (Å²) < 4.78 is 77.5. The highest BCUT2D eigenvalue weighted by Crippen LogP contribution is 2.28. The standard InChI is InChI=1S/C18H24F4O4S/c1-13(2)27(24,25)10-5-3-4-8-15(23)11-14-7-6-9-16(12-14)26-18(21,22)17(19)20/h6-7,9,12-13,17H,3-5,8,10-11H2,1-2H3. The summed E-state index contributed by atoms with van der Waals surface area (Å²) in [7, 11) is -3.09. The highest BCUT2D eigenvalue weighted by Gasteiger charge is 2.43. The van der Waals surface area contributed by atoms with Crippen LogP contribution < -0.4 is 4.74 Å². The molecule has 0 N–H and O–H groups in total. The van der Waals surface area contributed by atoms with Crippen molar-refractivity contribution in [3.63, 3.8) is 0 Å². The first-order valence-corrected chi connectivity index (χ1v) is 10.3. The van der Waals surface area contributed by atoms with E-state index in [1.807, 2.05) is 0 Å². The zero-order valence-electron chi connectivity index (χ0n) is 15.3. The average molecular weight is 412 g/mol. The Morgan fingerprint density at radius 3 is 2.41 bits per heavy atom. The maximum absolute atomic E-state index is 12.9. The Bertz CT molecular complexity index is 718. The Morgan fingerprint density at radius 1 is 1.15 bits per heavy atom. The van der Waals surface area contributed by atoms with Crippen LogP contribution in [-0.2, 0) is 21.1 Å². The van der Waals surface area contributed by atoms with Crippen LogP contribution in [0.3, 0.4) is 0 Å². The molecule has 9 heteroatoms. The molecule has 154 valence electrons. The lowest BCUT2D eigenvalue weighted by molar-refractivity contribution is -0.253. The summed E-state index contributed by atoms with van der Waals surface area (Å²) in [5.74, 6) is -0.514. The number of benzene rings is 1. The summed E-state index contributed by atoms with van der Waals surface area (Å²) in [5, 5.41) is -0.425. The lowest BCUT2D eigenvalue weighted by Crippen LogP contribution is -2.33. The molecule has 0 aliphatic heterocycles. The Kier molecular flexibility index (Phi) is 8.71. The van der Waals surface area contributed by atoms with Crippen molar-refractivity contribution in [1.29, 1.82) is 0 Å². The summed E-state index contributed by atoms with van der Waals surface area (Å²) in [4.78, 5) is 12.0. The van der Waals surface area contributed by atoms with Crippen molar-refractivity contribution in [2.75, 3.05) is 5.75 Å². The molecular weight excluding hydrogens is 388 g/mol. The van der Waals surface area contributed by atoms with E-state index in [0.29, 0.717) is 24.8 Å². The largest absolute Gasteiger partial charge is 0.461 e. The molecular formula is C18H24F4O4S. The molecule has 0 fully saturated rings. The summed E-state index contributed by atoms with van der Waals surface area (Å²) in [5.41, 5.74) is 0.380. The van der Waals surface area contributed by atoms with Crippen LogP contribution in [0.2, 0.25) is 0 Å². The van der Waals surface area contributed by atoms with E-state index in [-0.39, 0.29) is 24.4 Å². The van der Waals surface area contributed by atoms with Crippen molar-refractivity contribution in [2.24, 2.45) is 0 Å². The number of hydrogen-bond acceptors (Lipinski definition) is 4. The number of carbonyl (C=O) groups excluding carboxylic acids is 1. The number of sulfone groups is 1. The third kappa shape index (κ3) is 8.28. The van der Waals surface area contributed by atoms with Crippen molar-refractivity contribution in [3.8, 4) is 5.75 Å². The van der Waals surface area contributed by atoms with E-state index < -0.39 is 33.4 Å². The van der Waals surface area contributed by atoms with Gasteiger partial charge in [-0.3, -0.25) is 4.79 Å². The van der Waals surface area contributed by atoms with Gasteiger partial charge in [0.1, 0.15) is 11.5 Å². The third-order valence-corrected chi connectivity index (χ3v) is 6.20. The number of halogens is 4. The SMILES string of the molecule is CC(C)S(=O)(=O)CCCCCC(=O)Cc1cccc(OC(F)(F)C(F)F)c1. The van der Waals surface area contributed by atoms with E-state index in [2.05, 4.69) is 4.74 Å². The van der Waals surface area contributed by atoms with Gasteiger partial charge in [0.25, 0.3) is 0 Å². The molecule has 0 spiro atoms. The number of unbranched alkanes of at least 4 members (excludes halogenated alkanes) is 2. The van der Waals surface area contributed by atoms with Gasteiger partial charge < -0.3 is 4.74 Å². The van der Waals surface area contributed by atoms with Crippen molar-refractivity contribution in [2.45, 2.75) is 63.7 Å². The zero-order valence-corrected chi connectivity index (χ0v) is 16.1. The first-order chi connectivity index (χ1) is 12.4. The minimum Gasteiger partial charge on any atom is -0.428 e. The van der Waals surface area contributed by atoms with E-state index >= 15 is 0 Å². The average Bonchev–Trinajstić information content (AvgIpc) is 2.54. The Labute approximate surface area is 156 Å². The molecule has 0 unspecified atom stereocenters. The van der Waals surface area contributed by atoms with Gasteiger partial charge in [0.05, 0.1) is 11.0 Å². The molecule has 0 saturated carbocycles. The Hall–Kier alpha value is -1.64. The smallest absolute Gasteiger partial charge is 0.428 e. The monoisotopic (exact) mass is 412 g/mol. The lowest BCUT2D eigenvalue weighted by Gasteiger charge is -2.17. The van der Waals surface area contributed by atoms with E-state index in [4.69, 9.17) is 0 Å². The fourth-order valence-corrected chi connectivity index (χ4v) is 3.35. The van der Waals surface area contributed by atoms with Crippen molar-refractivity contribution < 1.29 is 35.5 Å². The number of Topliss-reactive ketones (excluding diaryl/α,β-unsaturated/α-hetero) is 1. The number of ether oxygens (including phenoxy) is 1. The van der Waals surface area contributed by atoms with Crippen molar-refractivity contribution >= 4 is 15.6 Å². The summed E-state index contributed by atoms with van der Waals surface area (Å²) >= 11 is 0. The topological polar surface area (TPSA) is 60.4 Å². The molecule has 0 heterocycles. The van der Waals surface area contributed by atoms with Crippen LogP contribution in [0.1, 0.15) is 45.1 Å². The van der Waals surface area contributed by atoms with Crippen LogP contribution in [0.4, 0.5) is 17.6 Å². The summed E-state index contributed by atoms with van der Waals surface area (Å²) in [6, 6.07) is 5.10. The predicted molar refractivity (Wildman–Crippen MR) is 94.1 cm³/mol. The Morgan fingerprint density at radius 2 is 1.81 bits per heavy atom. The molecule has 1 rings (SSSR count). The molecule has 0 aliphatic carbocycles. The first kappa shape index (κ1) is 23.4. The molecule has 1 aromatic rings. The van der Waals surface area contributed by atoms with Crippen LogP contribution in [0.5, 0.6) is 5.75 Å². The van der Waals surface area contributed by atoms with Crippen LogP contribution in [0, 0.1) is 0 Å². The van der Waals surface area contributed by atoms with Gasteiger partial charge in [-0.15, -0.1) is 0 Å². The Balaban J connectivity index is 2.44. The molecule has 0 aromatic heterocycles. The normalized spacial score (nSPS) is 12.6. The highest BCUT2D eigenvalue weighted by molar-refractivity contribution is 7.91. The molecule has 1 aromatic carbocycles. The molecule has 0 aliphatic rings. The molecule has 27 heavy (non-hydrogen) atoms. The van der Waals surface area contributed by atoms with Crippen LogP contribution in [-0.4, -0.2) is 37.7 Å². The number of hydrogen-bond donors (Lipinski definition) is 0. The van der Waals surface area contributed by atoms with Gasteiger partial charge in [0, 0.05) is 12.8 Å². The maximum Gasteiger partial charge on any atom is 0.461 e. The lowest BCUT2D eigenvalue weighted by atomic mass is 10.0. The molecule has 0 amide bonds. The second-order valence-electron chi connectivity index (χ2n) is 6.55.